The topological polar surface area (TPSA) is 13.0 Å². The third-order valence-electron chi connectivity index (χ3n) is 7.35. The van der Waals surface area contributed by atoms with E-state index in [0.29, 0.717) is 6.04 Å². The van der Waals surface area contributed by atoms with Crippen molar-refractivity contribution >= 4 is 23.2 Å². The van der Waals surface area contributed by atoms with Crippen LogP contribution < -0.4 is 0 Å². The summed E-state index contributed by atoms with van der Waals surface area (Å²) in [6.07, 6.45) is 1.18. The minimum absolute atomic E-state index is 0. The van der Waals surface area contributed by atoms with E-state index in [1.807, 2.05) is 0 Å². The van der Waals surface area contributed by atoms with Crippen LogP contribution in [0.15, 0.2) is 0 Å². The van der Waals surface area contributed by atoms with Gasteiger partial charge in [0.1, 0.15) is 0 Å². The van der Waals surface area contributed by atoms with Crippen molar-refractivity contribution in [3.63, 3.8) is 0 Å². The molecule has 2 saturated heterocycles. The number of likely N-dealkylation sites (N-methyl/N-ethyl adjacent to an activating group) is 2. The maximum absolute atomic E-state index is 7.05. The van der Waals surface area contributed by atoms with Crippen LogP contribution in [-0.4, -0.2) is 100 Å². The molecule has 2 aliphatic rings. The first-order chi connectivity index (χ1) is 11.8. The monoisotopic (exact) mass is 461 g/mol. The Kier molecular flexibility index (Phi) is 9.03. The molecular weight excluding hydrogens is 422 g/mol. The van der Waals surface area contributed by atoms with Crippen LogP contribution in [-0.2, 0) is 17.1 Å². The normalized spacial score (nSPS) is 38.0. The molecule has 2 bridgehead atoms. The molecule has 2 fully saturated rings. The van der Waals surface area contributed by atoms with Gasteiger partial charge in [0.2, 0.25) is 0 Å². The number of fused-ring (bicyclic) bond motifs is 3. The Morgan fingerprint density at radius 3 is 1.93 bits per heavy atom. The zero-order valence-corrected chi connectivity index (χ0v) is 21.2. The molecule has 27 heavy (non-hydrogen) atoms. The van der Waals surface area contributed by atoms with Gasteiger partial charge in [-0.1, -0.05) is 23.2 Å². The van der Waals surface area contributed by atoms with Gasteiger partial charge in [-0.05, 0) is 62.1 Å². The molecule has 4 unspecified atom stereocenters. The Balaban J connectivity index is 0.00000364. The smallest absolute Gasteiger partial charge is 0.151 e. The summed E-state index contributed by atoms with van der Waals surface area (Å²) in [4.78, 5) is 10.00. The molecule has 1 radical (unpaired) electrons. The van der Waals surface area contributed by atoms with E-state index in [1.54, 1.807) is 0 Å². The summed E-state index contributed by atoms with van der Waals surface area (Å²) in [5.41, 5.74) is -0.145. The van der Waals surface area contributed by atoms with E-state index in [1.165, 1.54) is 6.42 Å². The molecular formula is C20H40Cl2MnN4. The van der Waals surface area contributed by atoms with Crippen molar-refractivity contribution < 1.29 is 17.1 Å². The molecule has 4 atom stereocenters. The second kappa shape index (κ2) is 9.39. The number of halogens is 2. The van der Waals surface area contributed by atoms with E-state index in [2.05, 4.69) is 75.2 Å². The summed E-state index contributed by atoms with van der Waals surface area (Å²) in [6.45, 7) is 19.8. The van der Waals surface area contributed by atoms with Crippen molar-refractivity contribution in [3.8, 4) is 0 Å². The third-order valence-corrected chi connectivity index (χ3v) is 8.90. The summed E-state index contributed by atoms with van der Waals surface area (Å²) in [5, 5.41) is 0. The van der Waals surface area contributed by atoms with Gasteiger partial charge in [0.05, 0.1) is 0 Å². The Labute approximate surface area is 188 Å². The molecule has 2 aliphatic heterocycles. The average molecular weight is 462 g/mol. The molecule has 0 saturated carbocycles. The van der Waals surface area contributed by atoms with Crippen molar-refractivity contribution in [2.75, 3.05) is 53.4 Å². The Bertz CT molecular complexity index is 485. The molecule has 161 valence electrons. The van der Waals surface area contributed by atoms with Crippen molar-refractivity contribution in [1.82, 2.24) is 19.6 Å². The predicted molar refractivity (Wildman–Crippen MR) is 115 cm³/mol. The van der Waals surface area contributed by atoms with Crippen molar-refractivity contribution in [1.29, 1.82) is 0 Å². The van der Waals surface area contributed by atoms with Crippen molar-refractivity contribution in [2.45, 2.75) is 75.5 Å². The maximum atomic E-state index is 7.05. The molecule has 0 aromatic heterocycles. The van der Waals surface area contributed by atoms with E-state index in [9.17, 15) is 0 Å². The largest absolute Gasteiger partial charge is 0.300 e. The minimum Gasteiger partial charge on any atom is -0.300 e. The Morgan fingerprint density at radius 1 is 0.815 bits per heavy atom. The van der Waals surface area contributed by atoms with Gasteiger partial charge in [-0.3, -0.25) is 19.6 Å². The van der Waals surface area contributed by atoms with Crippen LogP contribution in [0, 0.1) is 0 Å². The van der Waals surface area contributed by atoms with Crippen LogP contribution in [0.4, 0.5) is 0 Å². The first-order valence-electron chi connectivity index (χ1n) is 10.1. The molecule has 0 N–H and O–H groups in total. The minimum atomic E-state index is -0.840. The van der Waals surface area contributed by atoms with Gasteiger partial charge in [0.25, 0.3) is 0 Å². The number of rotatable bonds is 0. The molecule has 0 aliphatic carbocycles. The standard InChI is InChI=1S/C20H40Cl2N4.Mn/c1-16-15-18(3,4)24(8)10-13-26-14-12-25(16)11-9-23(7)17(2)20(21,22)19(26,5)6;/h16-17H,9-15H2,1-8H3;. The molecule has 0 amide bonds. The van der Waals surface area contributed by atoms with E-state index in [4.69, 9.17) is 23.2 Å². The van der Waals surface area contributed by atoms with E-state index in [-0.39, 0.29) is 34.2 Å². The van der Waals surface area contributed by atoms with Gasteiger partial charge in [-0.2, -0.15) is 0 Å². The first-order valence-corrected chi connectivity index (χ1v) is 10.8. The van der Waals surface area contributed by atoms with E-state index in [0.717, 1.165) is 39.3 Å². The molecule has 2 rings (SSSR count). The van der Waals surface area contributed by atoms with Gasteiger partial charge < -0.3 is 0 Å². The van der Waals surface area contributed by atoms with Gasteiger partial charge >= 0.3 is 0 Å². The first kappa shape index (κ1) is 26.0. The summed E-state index contributed by atoms with van der Waals surface area (Å²) < 4.78 is -0.840. The number of nitrogens with zero attached hydrogens (tertiary/aromatic N) is 4. The number of hydrogen-bond donors (Lipinski definition) is 0. The van der Waals surface area contributed by atoms with Crippen LogP contribution in [0.25, 0.3) is 0 Å². The SMILES string of the molecule is CC1CC(C)(C)N(C)CCN2CCN1CCN(C)C(C)C(Cl)(Cl)C2(C)C.[Mn]. The molecule has 4 nitrogen and oxygen atoms in total. The summed E-state index contributed by atoms with van der Waals surface area (Å²) in [7, 11) is 4.40. The number of hydrogen-bond acceptors (Lipinski definition) is 4. The molecule has 7 heteroatoms. The fraction of sp³-hybridized carbons (Fsp3) is 1.00. The molecule has 0 spiro atoms. The van der Waals surface area contributed by atoms with Gasteiger partial charge in [-0.25, -0.2) is 0 Å². The Morgan fingerprint density at radius 2 is 1.33 bits per heavy atom. The molecule has 0 aromatic rings. The van der Waals surface area contributed by atoms with Crippen LogP contribution >= 0.6 is 23.2 Å². The van der Waals surface area contributed by atoms with E-state index < -0.39 is 4.33 Å². The quantitative estimate of drug-likeness (QED) is 0.404. The van der Waals surface area contributed by atoms with Gasteiger partial charge in [0, 0.05) is 79.5 Å². The van der Waals surface area contributed by atoms with Crippen LogP contribution in [0.3, 0.4) is 0 Å². The van der Waals surface area contributed by atoms with Gasteiger partial charge in [0.15, 0.2) is 4.33 Å². The zero-order valence-electron chi connectivity index (χ0n) is 18.5. The second-order valence-electron chi connectivity index (χ2n) is 9.65. The molecule has 0 aromatic carbocycles. The van der Waals surface area contributed by atoms with Crippen molar-refractivity contribution in [2.24, 2.45) is 0 Å². The fourth-order valence-electron chi connectivity index (χ4n) is 4.53. The van der Waals surface area contributed by atoms with Crippen LogP contribution in [0.5, 0.6) is 0 Å². The zero-order chi connectivity index (χ0) is 19.9. The van der Waals surface area contributed by atoms with Crippen molar-refractivity contribution in [3.05, 3.63) is 0 Å². The van der Waals surface area contributed by atoms with Crippen LogP contribution in [0.1, 0.15) is 48.0 Å². The third kappa shape index (κ3) is 5.35. The van der Waals surface area contributed by atoms with E-state index >= 15 is 0 Å². The predicted octanol–water partition coefficient (Wildman–Crippen LogP) is 3.38. The fourth-order valence-corrected chi connectivity index (χ4v) is 5.10. The molecule has 2 heterocycles. The number of alkyl halides is 2. The Hall–Kier alpha value is 0.939. The average Bonchev–Trinajstić information content (AvgIpc) is 2.53. The summed E-state index contributed by atoms with van der Waals surface area (Å²) >= 11 is 14.1. The maximum Gasteiger partial charge on any atom is 0.151 e. The van der Waals surface area contributed by atoms with Crippen LogP contribution in [0.2, 0.25) is 0 Å². The summed E-state index contributed by atoms with van der Waals surface area (Å²) in [5.74, 6) is 0. The van der Waals surface area contributed by atoms with Gasteiger partial charge in [-0.15, -0.1) is 0 Å². The summed E-state index contributed by atoms with van der Waals surface area (Å²) in [6, 6.07) is 0.631. The second-order valence-corrected chi connectivity index (χ2v) is 11.0.